The molecule has 2 N–H and O–H groups in total. The molecule has 3 rings (SSSR count). The Morgan fingerprint density at radius 3 is 2.83 bits per heavy atom. The van der Waals surface area contributed by atoms with Crippen molar-refractivity contribution in [1.29, 1.82) is 0 Å². The maximum Gasteiger partial charge on any atom is 0.228 e. The average molecular weight is 332 g/mol. The Labute approximate surface area is 139 Å². The second-order valence-corrected chi connectivity index (χ2v) is 6.68. The fourth-order valence-corrected chi connectivity index (χ4v) is 3.61. The van der Waals surface area contributed by atoms with E-state index in [1.165, 1.54) is 11.3 Å². The molecule has 1 saturated heterocycles. The van der Waals surface area contributed by atoms with Gasteiger partial charge >= 0.3 is 0 Å². The first kappa shape index (κ1) is 16.1. The van der Waals surface area contributed by atoms with Crippen LogP contribution in [0.3, 0.4) is 0 Å². The minimum absolute atomic E-state index is 0.0228. The number of aromatic nitrogens is 1. The van der Waals surface area contributed by atoms with Crippen molar-refractivity contribution in [2.75, 3.05) is 19.7 Å². The quantitative estimate of drug-likeness (QED) is 0.891. The molecule has 122 valence electrons. The van der Waals surface area contributed by atoms with Crippen LogP contribution in [-0.4, -0.2) is 51.8 Å². The second kappa shape index (κ2) is 7.21. The van der Waals surface area contributed by atoms with Crippen LogP contribution in [0.25, 0.3) is 10.6 Å². The van der Waals surface area contributed by atoms with Crippen molar-refractivity contribution < 1.29 is 15.0 Å². The molecule has 5 nitrogen and oxygen atoms in total. The van der Waals surface area contributed by atoms with Gasteiger partial charge in [0.1, 0.15) is 5.01 Å². The maximum absolute atomic E-state index is 12.4. The van der Waals surface area contributed by atoms with Crippen molar-refractivity contribution in [2.24, 2.45) is 5.92 Å². The van der Waals surface area contributed by atoms with E-state index in [0.29, 0.717) is 19.5 Å². The van der Waals surface area contributed by atoms with Crippen LogP contribution >= 0.6 is 11.3 Å². The number of aliphatic hydroxyl groups excluding tert-OH is 2. The van der Waals surface area contributed by atoms with E-state index in [9.17, 15) is 9.90 Å². The Morgan fingerprint density at radius 2 is 2.13 bits per heavy atom. The number of amides is 1. The molecule has 1 fully saturated rings. The number of likely N-dealkylation sites (tertiary alicyclic amines) is 1. The number of rotatable bonds is 4. The van der Waals surface area contributed by atoms with Crippen molar-refractivity contribution in [1.82, 2.24) is 9.88 Å². The molecule has 2 atom stereocenters. The fraction of sp³-hybridized carbons (Fsp3) is 0.412. The predicted octanol–water partition coefficient (Wildman–Crippen LogP) is 1.55. The Bertz CT molecular complexity index is 659. The van der Waals surface area contributed by atoms with E-state index in [-0.39, 0.29) is 24.9 Å². The number of nitrogens with zero attached hydrogens (tertiary/aromatic N) is 2. The van der Waals surface area contributed by atoms with E-state index in [1.807, 2.05) is 35.7 Å². The number of hydrogen-bond acceptors (Lipinski definition) is 5. The van der Waals surface area contributed by atoms with Gasteiger partial charge in [-0.3, -0.25) is 4.79 Å². The molecule has 2 heterocycles. The van der Waals surface area contributed by atoms with Crippen LogP contribution in [0.4, 0.5) is 0 Å². The Hall–Kier alpha value is -1.76. The first-order chi connectivity index (χ1) is 11.2. The molecule has 0 unspecified atom stereocenters. The third kappa shape index (κ3) is 3.77. The zero-order chi connectivity index (χ0) is 16.2. The van der Waals surface area contributed by atoms with Gasteiger partial charge in [0.15, 0.2) is 0 Å². The van der Waals surface area contributed by atoms with Crippen molar-refractivity contribution in [3.63, 3.8) is 0 Å². The van der Waals surface area contributed by atoms with Crippen LogP contribution in [-0.2, 0) is 11.2 Å². The monoisotopic (exact) mass is 332 g/mol. The summed E-state index contributed by atoms with van der Waals surface area (Å²) in [6.07, 6.45) is 0.239. The number of hydrogen-bond donors (Lipinski definition) is 2. The van der Waals surface area contributed by atoms with Crippen LogP contribution in [0.5, 0.6) is 0 Å². The highest BCUT2D eigenvalue weighted by atomic mass is 32.1. The van der Waals surface area contributed by atoms with Crippen molar-refractivity contribution in [2.45, 2.75) is 18.9 Å². The minimum Gasteiger partial charge on any atom is -0.396 e. The van der Waals surface area contributed by atoms with Gasteiger partial charge in [0.05, 0.1) is 18.2 Å². The number of benzene rings is 1. The molecule has 6 heteroatoms. The first-order valence-electron chi connectivity index (χ1n) is 7.74. The Balaban J connectivity index is 1.62. The van der Waals surface area contributed by atoms with E-state index in [4.69, 9.17) is 5.11 Å². The minimum atomic E-state index is -0.645. The van der Waals surface area contributed by atoms with E-state index in [2.05, 4.69) is 4.98 Å². The van der Waals surface area contributed by atoms with E-state index in [1.54, 1.807) is 4.90 Å². The number of carbonyl (C=O) groups excluding carboxylic acids is 1. The predicted molar refractivity (Wildman–Crippen MR) is 89.0 cm³/mol. The normalized spacial score (nSPS) is 21.4. The summed E-state index contributed by atoms with van der Waals surface area (Å²) in [6.45, 7) is 0.840. The molecule has 1 aliphatic heterocycles. The van der Waals surface area contributed by atoms with E-state index < -0.39 is 6.10 Å². The van der Waals surface area contributed by atoms with Crippen molar-refractivity contribution >= 4 is 17.2 Å². The highest BCUT2D eigenvalue weighted by Crippen LogP contribution is 2.24. The molecule has 0 spiro atoms. The highest BCUT2D eigenvalue weighted by molar-refractivity contribution is 7.13. The Kier molecular flexibility index (Phi) is 5.05. The molecule has 0 bridgehead atoms. The molecule has 0 saturated carbocycles. The lowest BCUT2D eigenvalue weighted by molar-refractivity contribution is -0.135. The average Bonchev–Trinajstić information content (AvgIpc) is 3.04. The molecular formula is C17H20N2O3S. The van der Waals surface area contributed by atoms with E-state index >= 15 is 0 Å². The molecule has 1 aromatic carbocycles. The number of aliphatic hydroxyl groups is 2. The van der Waals surface area contributed by atoms with Gasteiger partial charge in [-0.2, -0.15) is 0 Å². The van der Waals surface area contributed by atoms with Crippen LogP contribution in [0.2, 0.25) is 0 Å². The van der Waals surface area contributed by atoms with Crippen LogP contribution in [0.15, 0.2) is 35.7 Å². The summed E-state index contributed by atoms with van der Waals surface area (Å²) in [7, 11) is 0. The molecular weight excluding hydrogens is 312 g/mol. The number of piperidine rings is 1. The van der Waals surface area contributed by atoms with Crippen LogP contribution in [0, 0.1) is 5.92 Å². The SMILES string of the molecule is O=C(Cc1csc(-c2ccccc2)n1)N1CC[C@H](CO)[C@H](O)C1. The molecule has 23 heavy (non-hydrogen) atoms. The smallest absolute Gasteiger partial charge is 0.228 e. The van der Waals surface area contributed by atoms with Crippen LogP contribution in [0.1, 0.15) is 12.1 Å². The summed E-state index contributed by atoms with van der Waals surface area (Å²) in [5.74, 6) is -0.145. The van der Waals surface area contributed by atoms with Gasteiger partial charge in [-0.25, -0.2) is 4.98 Å². The lowest BCUT2D eigenvalue weighted by atomic mass is 9.94. The van der Waals surface area contributed by atoms with Gasteiger partial charge in [-0.05, 0) is 6.42 Å². The van der Waals surface area contributed by atoms with Crippen LogP contribution < -0.4 is 0 Å². The Morgan fingerprint density at radius 1 is 1.35 bits per heavy atom. The van der Waals surface area contributed by atoms with Crippen molar-refractivity contribution in [3.8, 4) is 10.6 Å². The molecule has 2 aromatic rings. The second-order valence-electron chi connectivity index (χ2n) is 5.83. The molecule has 0 aliphatic carbocycles. The highest BCUT2D eigenvalue weighted by Gasteiger charge is 2.29. The van der Waals surface area contributed by atoms with E-state index in [0.717, 1.165) is 16.3 Å². The van der Waals surface area contributed by atoms with Gasteiger partial charge in [0.2, 0.25) is 5.91 Å². The third-order valence-corrected chi connectivity index (χ3v) is 5.15. The number of carbonyl (C=O) groups is 1. The molecule has 1 amide bonds. The summed E-state index contributed by atoms with van der Waals surface area (Å²) < 4.78 is 0. The van der Waals surface area contributed by atoms with Gasteiger partial charge in [0, 0.05) is 36.6 Å². The molecule has 1 aliphatic rings. The zero-order valence-electron chi connectivity index (χ0n) is 12.8. The summed E-state index contributed by atoms with van der Waals surface area (Å²) in [4.78, 5) is 18.6. The summed E-state index contributed by atoms with van der Waals surface area (Å²) in [5.41, 5.74) is 1.81. The molecule has 1 aromatic heterocycles. The van der Waals surface area contributed by atoms with Gasteiger partial charge in [-0.15, -0.1) is 11.3 Å². The van der Waals surface area contributed by atoms with Gasteiger partial charge in [-0.1, -0.05) is 30.3 Å². The number of thiazole rings is 1. The van der Waals surface area contributed by atoms with Crippen molar-refractivity contribution in [3.05, 3.63) is 41.4 Å². The summed E-state index contributed by atoms with van der Waals surface area (Å²) in [6, 6.07) is 9.90. The fourth-order valence-electron chi connectivity index (χ4n) is 2.79. The topological polar surface area (TPSA) is 73.7 Å². The number of β-amino-alcohol motifs (C(OH)–C–C–N with tert-alkyl or cyclic N) is 1. The van der Waals surface area contributed by atoms with Gasteiger partial charge in [0.25, 0.3) is 0 Å². The maximum atomic E-state index is 12.4. The summed E-state index contributed by atoms with van der Waals surface area (Å²) >= 11 is 1.53. The standard InChI is InChI=1S/C17H20N2O3S/c20-10-13-6-7-19(9-15(13)21)16(22)8-14-11-23-17(18-14)12-4-2-1-3-5-12/h1-5,11,13,15,20-21H,6-10H2/t13-,15-/m1/s1. The largest absolute Gasteiger partial charge is 0.396 e. The molecule has 0 radical (unpaired) electrons. The lowest BCUT2D eigenvalue weighted by Gasteiger charge is -2.35. The lowest BCUT2D eigenvalue weighted by Crippen LogP contribution is -2.48. The first-order valence-corrected chi connectivity index (χ1v) is 8.62. The zero-order valence-corrected chi connectivity index (χ0v) is 13.6. The summed E-state index contributed by atoms with van der Waals surface area (Å²) in [5, 5.41) is 21.9. The van der Waals surface area contributed by atoms with Gasteiger partial charge < -0.3 is 15.1 Å². The third-order valence-electron chi connectivity index (χ3n) is 4.21.